The van der Waals surface area contributed by atoms with Gasteiger partial charge in [0.25, 0.3) is 0 Å². The number of fused-ring (bicyclic) bond motifs is 6. The molecule has 244 valence electrons. The Kier molecular flexibility index (Phi) is 7.70. The standard InChI is InChI=1S/C45H22B5N3O2/c46-37-34(38(47)40(49)41(50)39(37)48)23-19-21-25(22-20-23)44-51-43(24-9-2-1-3-10-24)52-45(53-44)30-15-8-18-33-36(30)35-27(12-7-17-32(35)54-33)29-14-6-13-28-26-11-4-5-16-31(26)55-42(28)29/h1-22H. The van der Waals surface area contributed by atoms with Crippen molar-refractivity contribution in [3.05, 3.63) is 133 Å². The molecule has 3 aromatic heterocycles. The second-order valence-electron chi connectivity index (χ2n) is 13.4. The normalized spacial score (nSPS) is 11.6. The van der Waals surface area contributed by atoms with Crippen LogP contribution in [0.4, 0.5) is 0 Å². The molecule has 0 unspecified atom stereocenters. The van der Waals surface area contributed by atoms with Crippen molar-refractivity contribution < 1.29 is 8.83 Å². The fourth-order valence-corrected chi connectivity index (χ4v) is 7.53. The lowest BCUT2D eigenvalue weighted by molar-refractivity contribution is 0.668. The summed E-state index contributed by atoms with van der Waals surface area (Å²) in [5, 5.41) is 3.94. The van der Waals surface area contributed by atoms with Crippen LogP contribution in [0.15, 0.2) is 142 Å². The Bertz CT molecular complexity index is 3130. The van der Waals surface area contributed by atoms with E-state index in [9.17, 15) is 0 Å². The summed E-state index contributed by atoms with van der Waals surface area (Å²) in [6.45, 7) is 0. The van der Waals surface area contributed by atoms with Gasteiger partial charge in [-0.25, -0.2) is 15.0 Å². The number of aromatic nitrogens is 3. The summed E-state index contributed by atoms with van der Waals surface area (Å²) in [6, 6.07) is 43.8. The third-order valence-electron chi connectivity index (χ3n) is 10.3. The molecule has 3 heterocycles. The zero-order valence-corrected chi connectivity index (χ0v) is 29.2. The Morgan fingerprint density at radius 2 is 0.836 bits per heavy atom. The number of para-hydroxylation sites is 2. The topological polar surface area (TPSA) is 65.0 Å². The fourth-order valence-electron chi connectivity index (χ4n) is 7.53. The lowest BCUT2D eigenvalue weighted by Crippen LogP contribution is -2.55. The zero-order valence-electron chi connectivity index (χ0n) is 29.2. The highest BCUT2D eigenvalue weighted by atomic mass is 16.3. The molecule has 0 N–H and O–H groups in total. The molecule has 5 nitrogen and oxygen atoms in total. The van der Waals surface area contributed by atoms with E-state index in [2.05, 4.69) is 30.3 Å². The van der Waals surface area contributed by atoms with Crippen LogP contribution >= 0.6 is 0 Å². The number of benzene rings is 7. The molecule has 0 amide bonds. The molecule has 10 heteroatoms. The molecule has 0 bridgehead atoms. The van der Waals surface area contributed by atoms with Crippen LogP contribution in [-0.4, -0.2) is 54.2 Å². The van der Waals surface area contributed by atoms with Gasteiger partial charge in [-0.3, -0.25) is 0 Å². The third-order valence-corrected chi connectivity index (χ3v) is 10.3. The van der Waals surface area contributed by atoms with Crippen molar-refractivity contribution in [2.24, 2.45) is 0 Å². The molecular formula is C45H22B5N3O2. The minimum Gasteiger partial charge on any atom is -0.456 e. The molecular weight excluding hydrogens is 669 g/mol. The Morgan fingerprint density at radius 1 is 0.345 bits per heavy atom. The van der Waals surface area contributed by atoms with Crippen LogP contribution in [0, 0.1) is 0 Å². The van der Waals surface area contributed by atoms with Gasteiger partial charge in [0.1, 0.15) is 61.6 Å². The first-order valence-electron chi connectivity index (χ1n) is 17.6. The molecule has 0 spiro atoms. The summed E-state index contributed by atoms with van der Waals surface area (Å²) in [5.41, 5.74) is 9.75. The Labute approximate surface area is 322 Å². The van der Waals surface area contributed by atoms with E-state index in [1.165, 1.54) is 0 Å². The molecule has 7 aromatic carbocycles. The minimum atomic E-state index is 0.167. The van der Waals surface area contributed by atoms with Crippen LogP contribution < -0.4 is 27.3 Å². The number of hydrogen-bond acceptors (Lipinski definition) is 5. The molecule has 0 saturated carbocycles. The first-order valence-corrected chi connectivity index (χ1v) is 17.6. The SMILES string of the molecule is [B]c1c([B])c([B])c(-c2ccc(-c3nc(-c4ccccc4)nc(-c4cccc5oc6cccc(-c7cccc8c7oc7ccccc78)c6c45)n3)cc2)c([B])c1[B]. The number of furan rings is 2. The van der Waals surface area contributed by atoms with Crippen LogP contribution in [0.25, 0.3) is 100 Å². The van der Waals surface area contributed by atoms with E-state index < -0.39 is 0 Å². The maximum absolute atomic E-state index is 6.53. The molecule has 0 atom stereocenters. The molecule has 0 saturated heterocycles. The lowest BCUT2D eigenvalue weighted by atomic mass is 9.59. The average molecular weight is 691 g/mol. The highest BCUT2D eigenvalue weighted by Gasteiger charge is 2.22. The second-order valence-corrected chi connectivity index (χ2v) is 13.4. The fraction of sp³-hybridized carbons (Fsp3) is 0. The van der Waals surface area contributed by atoms with E-state index in [1.807, 2.05) is 103 Å². The van der Waals surface area contributed by atoms with Crippen molar-refractivity contribution in [3.8, 4) is 56.4 Å². The number of nitrogens with zero attached hydrogens (tertiary/aromatic N) is 3. The smallest absolute Gasteiger partial charge is 0.164 e. The zero-order chi connectivity index (χ0) is 37.4. The van der Waals surface area contributed by atoms with Crippen molar-refractivity contribution in [2.45, 2.75) is 0 Å². The summed E-state index contributed by atoms with van der Waals surface area (Å²) in [5.74, 6) is 1.49. The highest BCUT2D eigenvalue weighted by molar-refractivity contribution is 6.68. The van der Waals surface area contributed by atoms with E-state index >= 15 is 0 Å². The predicted octanol–water partition coefficient (Wildman–Crippen LogP) is 5.97. The van der Waals surface area contributed by atoms with Crippen molar-refractivity contribution in [1.82, 2.24) is 15.0 Å². The van der Waals surface area contributed by atoms with Crippen LogP contribution in [0.5, 0.6) is 0 Å². The Hall–Kier alpha value is -6.53. The summed E-state index contributed by atoms with van der Waals surface area (Å²) < 4.78 is 13.0. The van der Waals surface area contributed by atoms with E-state index in [1.54, 1.807) is 0 Å². The minimum absolute atomic E-state index is 0.167. The summed E-state index contributed by atoms with van der Waals surface area (Å²) >= 11 is 0. The Morgan fingerprint density at radius 3 is 1.55 bits per heavy atom. The molecule has 0 aliphatic carbocycles. The van der Waals surface area contributed by atoms with Crippen LogP contribution in [-0.2, 0) is 0 Å². The molecule has 55 heavy (non-hydrogen) atoms. The van der Waals surface area contributed by atoms with Crippen molar-refractivity contribution in [3.63, 3.8) is 0 Å². The van der Waals surface area contributed by atoms with Crippen molar-refractivity contribution >= 4 is 110 Å². The maximum atomic E-state index is 6.53. The van der Waals surface area contributed by atoms with Gasteiger partial charge in [0.15, 0.2) is 17.5 Å². The van der Waals surface area contributed by atoms with Gasteiger partial charge in [0, 0.05) is 43.8 Å². The van der Waals surface area contributed by atoms with Gasteiger partial charge >= 0.3 is 0 Å². The van der Waals surface area contributed by atoms with E-state index in [0.29, 0.717) is 28.6 Å². The molecule has 10 radical (unpaired) electrons. The number of hydrogen-bond donors (Lipinski definition) is 0. The van der Waals surface area contributed by atoms with E-state index in [0.717, 1.165) is 71.7 Å². The van der Waals surface area contributed by atoms with Crippen LogP contribution in [0.1, 0.15) is 0 Å². The largest absolute Gasteiger partial charge is 0.456 e. The molecule has 10 rings (SSSR count). The molecule has 10 aromatic rings. The lowest BCUT2D eigenvalue weighted by Gasteiger charge is -2.21. The Balaban J connectivity index is 1.18. The summed E-state index contributed by atoms with van der Waals surface area (Å²) in [4.78, 5) is 15.1. The quantitative estimate of drug-likeness (QED) is 0.208. The average Bonchev–Trinajstić information content (AvgIpc) is 3.82. The molecule has 0 aliphatic rings. The van der Waals surface area contributed by atoms with Gasteiger partial charge in [-0.15, -0.1) is 16.4 Å². The predicted molar refractivity (Wildman–Crippen MR) is 229 cm³/mol. The summed E-state index contributed by atoms with van der Waals surface area (Å²) in [6.07, 6.45) is 0. The first kappa shape index (κ1) is 33.1. The van der Waals surface area contributed by atoms with Gasteiger partial charge < -0.3 is 8.83 Å². The van der Waals surface area contributed by atoms with E-state index in [4.69, 9.17) is 63.0 Å². The van der Waals surface area contributed by atoms with Crippen molar-refractivity contribution in [1.29, 1.82) is 0 Å². The van der Waals surface area contributed by atoms with Crippen LogP contribution in [0.3, 0.4) is 0 Å². The van der Waals surface area contributed by atoms with Gasteiger partial charge in [-0.1, -0.05) is 126 Å². The highest BCUT2D eigenvalue weighted by Crippen LogP contribution is 2.44. The van der Waals surface area contributed by atoms with Gasteiger partial charge in [0.2, 0.25) is 0 Å². The molecule has 0 aliphatic heterocycles. The monoisotopic (exact) mass is 691 g/mol. The van der Waals surface area contributed by atoms with Crippen molar-refractivity contribution in [2.75, 3.05) is 0 Å². The first-order chi connectivity index (χ1) is 26.9. The summed E-state index contributed by atoms with van der Waals surface area (Å²) in [7, 11) is 31.2. The van der Waals surface area contributed by atoms with Gasteiger partial charge in [-0.05, 0) is 34.9 Å². The molecule has 0 fully saturated rings. The third kappa shape index (κ3) is 5.27. The number of rotatable bonds is 5. The maximum Gasteiger partial charge on any atom is 0.164 e. The van der Waals surface area contributed by atoms with E-state index in [-0.39, 0.29) is 27.3 Å². The van der Waals surface area contributed by atoms with Gasteiger partial charge in [0.05, 0.1) is 0 Å². The second kappa shape index (κ2) is 12.8. The van der Waals surface area contributed by atoms with Crippen LogP contribution in [0.2, 0.25) is 0 Å². The van der Waals surface area contributed by atoms with Gasteiger partial charge in [-0.2, -0.15) is 0 Å².